The van der Waals surface area contributed by atoms with E-state index in [2.05, 4.69) is 0 Å². The number of sulfone groups is 1. The molecule has 1 heterocycles. The number of rotatable bonds is 5. The second kappa shape index (κ2) is 8.12. The van der Waals surface area contributed by atoms with Gasteiger partial charge in [0.2, 0.25) is 15.3 Å². The van der Waals surface area contributed by atoms with Crippen molar-refractivity contribution < 1.29 is 12.8 Å². The molecule has 4 rings (SSSR count). The summed E-state index contributed by atoms with van der Waals surface area (Å²) >= 11 is 0. The molecule has 6 heteroatoms. The van der Waals surface area contributed by atoms with E-state index in [0.717, 1.165) is 17.2 Å². The Morgan fingerprint density at radius 2 is 1.61 bits per heavy atom. The maximum absolute atomic E-state index is 13.9. The van der Waals surface area contributed by atoms with Crippen molar-refractivity contribution in [3.8, 4) is 0 Å². The zero-order valence-electron chi connectivity index (χ0n) is 17.2. The fourth-order valence-corrected chi connectivity index (χ4v) is 4.97. The maximum Gasteiger partial charge on any atom is 0.211 e. The average Bonchev–Trinajstić information content (AvgIpc) is 2.76. The third-order valence-corrected chi connectivity index (χ3v) is 7.11. The van der Waals surface area contributed by atoms with E-state index >= 15 is 0 Å². The summed E-state index contributed by atoms with van der Waals surface area (Å²) in [5.41, 5.74) is 1.71. The SMILES string of the molecule is CC(C)c1ccc(S(=O)(=O)c2cn(Cc3ccccc3)c3ccc(F)cc3c2=O)cc1. The molecular weight excluding hydrogens is 413 g/mol. The van der Waals surface area contributed by atoms with Crippen LogP contribution >= 0.6 is 0 Å². The Kier molecular flexibility index (Phi) is 5.50. The number of fused-ring (bicyclic) bond motifs is 1. The molecular formula is C25H22FNO3S. The van der Waals surface area contributed by atoms with Gasteiger partial charge in [-0.3, -0.25) is 4.79 Å². The minimum absolute atomic E-state index is 0.0378. The number of aromatic nitrogens is 1. The number of benzene rings is 3. The predicted octanol–water partition coefficient (Wildman–Crippen LogP) is 5.15. The normalized spacial score (nSPS) is 11.9. The molecule has 0 saturated heterocycles. The van der Waals surface area contributed by atoms with Gasteiger partial charge in [-0.15, -0.1) is 0 Å². The van der Waals surface area contributed by atoms with Crippen LogP contribution in [0, 0.1) is 5.82 Å². The van der Waals surface area contributed by atoms with E-state index in [9.17, 15) is 17.6 Å². The van der Waals surface area contributed by atoms with Crippen molar-refractivity contribution in [3.63, 3.8) is 0 Å². The monoisotopic (exact) mass is 435 g/mol. The molecule has 1 aromatic heterocycles. The van der Waals surface area contributed by atoms with Crippen LogP contribution in [-0.4, -0.2) is 13.0 Å². The summed E-state index contributed by atoms with van der Waals surface area (Å²) in [4.78, 5) is 12.8. The molecule has 0 spiro atoms. The first-order valence-electron chi connectivity index (χ1n) is 9.99. The summed E-state index contributed by atoms with van der Waals surface area (Å²) in [5, 5.41) is 0.0378. The van der Waals surface area contributed by atoms with Crippen LogP contribution in [0.5, 0.6) is 0 Å². The van der Waals surface area contributed by atoms with Gasteiger partial charge in [-0.25, -0.2) is 12.8 Å². The summed E-state index contributed by atoms with van der Waals surface area (Å²) in [6.07, 6.45) is 1.36. The van der Waals surface area contributed by atoms with Gasteiger partial charge >= 0.3 is 0 Å². The van der Waals surface area contributed by atoms with Gasteiger partial charge in [-0.1, -0.05) is 56.3 Å². The fourth-order valence-electron chi connectivity index (χ4n) is 3.60. The molecule has 0 amide bonds. The van der Waals surface area contributed by atoms with Gasteiger partial charge in [-0.2, -0.15) is 0 Å². The molecule has 3 aromatic carbocycles. The fraction of sp³-hybridized carbons (Fsp3) is 0.160. The lowest BCUT2D eigenvalue weighted by atomic mass is 10.0. The molecule has 0 radical (unpaired) electrons. The van der Waals surface area contributed by atoms with Gasteiger partial charge in [0.05, 0.1) is 10.4 Å². The molecule has 4 nitrogen and oxygen atoms in total. The molecule has 0 aliphatic rings. The van der Waals surface area contributed by atoms with Crippen molar-refractivity contribution in [2.45, 2.75) is 36.1 Å². The van der Waals surface area contributed by atoms with Gasteiger partial charge in [0, 0.05) is 18.1 Å². The lowest BCUT2D eigenvalue weighted by Gasteiger charge is -2.14. The largest absolute Gasteiger partial charge is 0.341 e. The second-order valence-electron chi connectivity index (χ2n) is 7.82. The molecule has 4 aromatic rings. The van der Waals surface area contributed by atoms with Crippen LogP contribution in [-0.2, 0) is 16.4 Å². The first-order valence-corrected chi connectivity index (χ1v) is 11.5. The Labute approximate surface area is 180 Å². The number of pyridine rings is 1. The van der Waals surface area contributed by atoms with Crippen molar-refractivity contribution in [1.29, 1.82) is 0 Å². The standard InChI is InChI=1S/C25H22FNO3S/c1-17(2)19-8-11-21(12-9-19)31(29,30)24-16-27(15-18-6-4-3-5-7-18)23-13-10-20(26)14-22(23)25(24)28/h3-14,16-17H,15H2,1-2H3. The van der Waals surface area contributed by atoms with Gasteiger partial charge in [0.15, 0.2) is 0 Å². The van der Waals surface area contributed by atoms with Crippen LogP contribution in [0.2, 0.25) is 0 Å². The highest BCUT2D eigenvalue weighted by molar-refractivity contribution is 7.91. The first kappa shape index (κ1) is 21.0. The molecule has 0 aliphatic carbocycles. The van der Waals surface area contributed by atoms with Crippen molar-refractivity contribution in [2.75, 3.05) is 0 Å². The lowest BCUT2D eigenvalue weighted by Crippen LogP contribution is -2.20. The molecule has 31 heavy (non-hydrogen) atoms. The van der Waals surface area contributed by atoms with E-state index in [1.54, 1.807) is 16.7 Å². The Balaban J connectivity index is 1.93. The van der Waals surface area contributed by atoms with Gasteiger partial charge in [0.25, 0.3) is 0 Å². The molecule has 0 bridgehead atoms. The molecule has 0 unspecified atom stereocenters. The summed E-state index contributed by atoms with van der Waals surface area (Å²) in [6, 6.07) is 19.9. The van der Waals surface area contributed by atoms with Gasteiger partial charge in [-0.05, 0) is 47.4 Å². The highest BCUT2D eigenvalue weighted by atomic mass is 32.2. The number of nitrogens with zero attached hydrogens (tertiary/aromatic N) is 1. The van der Waals surface area contributed by atoms with E-state index in [1.165, 1.54) is 30.5 Å². The third-order valence-electron chi connectivity index (χ3n) is 5.35. The van der Waals surface area contributed by atoms with Crippen LogP contribution in [0.4, 0.5) is 4.39 Å². The second-order valence-corrected chi connectivity index (χ2v) is 9.74. The Bertz CT molecular complexity index is 1410. The Morgan fingerprint density at radius 1 is 0.935 bits per heavy atom. The summed E-state index contributed by atoms with van der Waals surface area (Å²) in [7, 11) is -4.09. The molecule has 0 fully saturated rings. The molecule has 158 valence electrons. The maximum atomic E-state index is 13.9. The van der Waals surface area contributed by atoms with E-state index in [0.29, 0.717) is 12.1 Å². The van der Waals surface area contributed by atoms with Crippen molar-refractivity contribution in [1.82, 2.24) is 4.57 Å². The minimum atomic E-state index is -4.09. The van der Waals surface area contributed by atoms with Gasteiger partial charge < -0.3 is 4.57 Å². The van der Waals surface area contributed by atoms with Crippen LogP contribution in [0.1, 0.15) is 30.9 Å². The van der Waals surface area contributed by atoms with Gasteiger partial charge in [0.1, 0.15) is 10.7 Å². The third kappa shape index (κ3) is 4.03. The van der Waals surface area contributed by atoms with E-state index < -0.39 is 21.1 Å². The predicted molar refractivity (Wildman–Crippen MR) is 120 cm³/mol. The smallest absolute Gasteiger partial charge is 0.211 e. The van der Waals surface area contributed by atoms with Crippen LogP contribution in [0.3, 0.4) is 0 Å². The van der Waals surface area contributed by atoms with Crippen molar-refractivity contribution in [3.05, 3.63) is 106 Å². The minimum Gasteiger partial charge on any atom is -0.341 e. The summed E-state index contributed by atoms with van der Waals surface area (Å²) < 4.78 is 42.4. The summed E-state index contributed by atoms with van der Waals surface area (Å²) in [5.74, 6) is -0.338. The first-order chi connectivity index (χ1) is 14.8. The van der Waals surface area contributed by atoms with Crippen molar-refractivity contribution >= 4 is 20.7 Å². The quantitative estimate of drug-likeness (QED) is 0.436. The zero-order chi connectivity index (χ0) is 22.2. The molecule has 0 saturated carbocycles. The van der Waals surface area contributed by atoms with Crippen LogP contribution < -0.4 is 5.43 Å². The Hall–Kier alpha value is -3.25. The molecule has 0 N–H and O–H groups in total. The van der Waals surface area contributed by atoms with E-state index in [-0.39, 0.29) is 21.1 Å². The molecule has 0 atom stereocenters. The Morgan fingerprint density at radius 3 is 2.26 bits per heavy atom. The average molecular weight is 436 g/mol. The lowest BCUT2D eigenvalue weighted by molar-refractivity contribution is 0.593. The number of hydrogen-bond donors (Lipinski definition) is 0. The van der Waals surface area contributed by atoms with E-state index in [4.69, 9.17) is 0 Å². The highest BCUT2D eigenvalue weighted by Gasteiger charge is 2.24. The van der Waals surface area contributed by atoms with Crippen LogP contribution in [0.25, 0.3) is 10.9 Å². The highest BCUT2D eigenvalue weighted by Crippen LogP contribution is 2.24. The van der Waals surface area contributed by atoms with Crippen LogP contribution in [0.15, 0.2) is 93.6 Å². The van der Waals surface area contributed by atoms with E-state index in [1.807, 2.05) is 44.2 Å². The zero-order valence-corrected chi connectivity index (χ0v) is 18.1. The number of halogens is 1. The topological polar surface area (TPSA) is 56.1 Å². The molecule has 0 aliphatic heterocycles. The summed E-state index contributed by atoms with van der Waals surface area (Å²) in [6.45, 7) is 4.38. The van der Waals surface area contributed by atoms with Crippen molar-refractivity contribution in [2.24, 2.45) is 0 Å². The number of hydrogen-bond acceptors (Lipinski definition) is 3.